The number of fused-ring (bicyclic) bond motifs is 1. The van der Waals surface area contributed by atoms with Gasteiger partial charge in [0.2, 0.25) is 0 Å². The molecule has 25 heavy (non-hydrogen) atoms. The number of nitrogens with one attached hydrogen (secondary N) is 1. The third kappa shape index (κ3) is 3.26. The first-order valence-corrected chi connectivity index (χ1v) is 9.83. The van der Waals surface area contributed by atoms with Crippen LogP contribution in [0.25, 0.3) is 5.52 Å². The summed E-state index contributed by atoms with van der Waals surface area (Å²) in [5.74, 6) is -0.212. The third-order valence-corrected chi connectivity index (χ3v) is 5.24. The predicted octanol–water partition coefficient (Wildman–Crippen LogP) is 5.09. The number of hydrogen-bond acceptors (Lipinski definition) is 3. The van der Waals surface area contributed by atoms with Gasteiger partial charge in [-0.25, -0.2) is 4.98 Å². The highest BCUT2D eigenvalue weighted by Gasteiger charge is 2.20. The Labute approximate surface area is 156 Å². The molecule has 0 saturated heterocycles. The molecule has 0 aliphatic carbocycles. The molecule has 0 bridgehead atoms. The number of halogens is 1. The van der Waals surface area contributed by atoms with E-state index in [0.29, 0.717) is 10.7 Å². The second kappa shape index (κ2) is 7.50. The fourth-order valence-corrected chi connectivity index (χ4v) is 3.79. The van der Waals surface area contributed by atoms with E-state index in [1.54, 1.807) is 0 Å². The van der Waals surface area contributed by atoms with Crippen LogP contribution in [0.4, 0.5) is 5.69 Å². The largest absolute Gasteiger partial charge is 0.320 e. The van der Waals surface area contributed by atoms with E-state index in [2.05, 4.69) is 17.2 Å². The lowest BCUT2D eigenvalue weighted by Gasteiger charge is -2.15. The minimum atomic E-state index is -0.212. The number of aromatic nitrogens is 2. The highest BCUT2D eigenvalue weighted by Crippen LogP contribution is 2.30. The van der Waals surface area contributed by atoms with E-state index < -0.39 is 0 Å². The van der Waals surface area contributed by atoms with Crippen molar-refractivity contribution in [3.63, 3.8) is 0 Å². The first kappa shape index (κ1) is 17.8. The molecule has 2 aromatic heterocycles. The molecule has 0 spiro atoms. The standard InChI is InChI=1S/C19H20ClN3OS/c1-4-12-9-10-14(20)13(5-2)16(12)21-18(24)17-15-8-6-7-11-23(15)19(22-17)25-3/h6-11H,4-5H2,1-3H3,(H,21,24). The summed E-state index contributed by atoms with van der Waals surface area (Å²) in [5, 5.41) is 4.52. The van der Waals surface area contributed by atoms with Gasteiger partial charge < -0.3 is 5.32 Å². The minimum absolute atomic E-state index is 0.212. The molecular formula is C19H20ClN3OS. The van der Waals surface area contributed by atoms with Crippen LogP contribution in [-0.4, -0.2) is 21.5 Å². The van der Waals surface area contributed by atoms with Gasteiger partial charge in [-0.3, -0.25) is 9.20 Å². The fraction of sp³-hybridized carbons (Fsp3) is 0.263. The average Bonchev–Trinajstić information content (AvgIpc) is 3.01. The maximum atomic E-state index is 13.0. The van der Waals surface area contributed by atoms with Crippen molar-refractivity contribution in [2.45, 2.75) is 31.8 Å². The van der Waals surface area contributed by atoms with Crippen molar-refractivity contribution < 1.29 is 4.79 Å². The Balaban J connectivity index is 2.06. The molecule has 0 saturated carbocycles. The number of carbonyl (C=O) groups excluding carboxylic acids is 1. The van der Waals surface area contributed by atoms with Crippen LogP contribution in [0.2, 0.25) is 5.02 Å². The molecule has 1 amide bonds. The van der Waals surface area contributed by atoms with Gasteiger partial charge in [-0.05, 0) is 48.4 Å². The van der Waals surface area contributed by atoms with E-state index in [0.717, 1.165) is 40.3 Å². The summed E-state index contributed by atoms with van der Waals surface area (Å²) >= 11 is 7.85. The van der Waals surface area contributed by atoms with Gasteiger partial charge in [-0.15, -0.1) is 0 Å². The van der Waals surface area contributed by atoms with Gasteiger partial charge in [-0.1, -0.05) is 49.3 Å². The Morgan fingerprint density at radius 1 is 1.24 bits per heavy atom. The monoisotopic (exact) mass is 373 g/mol. The van der Waals surface area contributed by atoms with Crippen LogP contribution in [0.5, 0.6) is 0 Å². The summed E-state index contributed by atoms with van der Waals surface area (Å²) in [5.41, 5.74) is 4.06. The summed E-state index contributed by atoms with van der Waals surface area (Å²) in [7, 11) is 0. The lowest BCUT2D eigenvalue weighted by molar-refractivity contribution is 0.102. The average molecular weight is 374 g/mol. The van der Waals surface area contributed by atoms with Crippen LogP contribution in [-0.2, 0) is 12.8 Å². The lowest BCUT2D eigenvalue weighted by Crippen LogP contribution is -2.16. The molecule has 1 aromatic carbocycles. The van der Waals surface area contributed by atoms with Crippen LogP contribution in [0.1, 0.15) is 35.5 Å². The Morgan fingerprint density at radius 2 is 2.04 bits per heavy atom. The molecular weight excluding hydrogens is 354 g/mol. The molecule has 0 radical (unpaired) electrons. The van der Waals surface area contributed by atoms with Crippen LogP contribution in [0.15, 0.2) is 41.7 Å². The molecule has 0 aliphatic heterocycles. The number of rotatable bonds is 5. The van der Waals surface area contributed by atoms with Crippen molar-refractivity contribution in [2.24, 2.45) is 0 Å². The van der Waals surface area contributed by atoms with Crippen molar-refractivity contribution in [1.29, 1.82) is 0 Å². The highest BCUT2D eigenvalue weighted by atomic mass is 35.5. The zero-order valence-electron chi connectivity index (χ0n) is 14.5. The molecule has 1 N–H and O–H groups in total. The van der Waals surface area contributed by atoms with Crippen LogP contribution < -0.4 is 5.32 Å². The fourth-order valence-electron chi connectivity index (χ4n) is 2.96. The van der Waals surface area contributed by atoms with E-state index >= 15 is 0 Å². The maximum absolute atomic E-state index is 13.0. The van der Waals surface area contributed by atoms with Gasteiger partial charge >= 0.3 is 0 Å². The quantitative estimate of drug-likeness (QED) is 0.634. The molecule has 2 heterocycles. The number of benzene rings is 1. The van der Waals surface area contributed by atoms with Crippen LogP contribution >= 0.6 is 23.4 Å². The zero-order chi connectivity index (χ0) is 18.0. The van der Waals surface area contributed by atoms with Gasteiger partial charge in [-0.2, -0.15) is 0 Å². The molecule has 130 valence electrons. The molecule has 0 atom stereocenters. The summed E-state index contributed by atoms with van der Waals surface area (Å²) in [6, 6.07) is 9.60. The van der Waals surface area contributed by atoms with E-state index in [1.807, 2.05) is 54.1 Å². The van der Waals surface area contributed by atoms with E-state index in [4.69, 9.17) is 11.6 Å². The van der Waals surface area contributed by atoms with E-state index in [9.17, 15) is 4.79 Å². The summed E-state index contributed by atoms with van der Waals surface area (Å²) in [4.78, 5) is 17.5. The van der Waals surface area contributed by atoms with Crippen molar-refractivity contribution in [2.75, 3.05) is 11.6 Å². The number of imidazole rings is 1. The second-order valence-corrected chi connectivity index (χ2v) is 6.80. The van der Waals surface area contributed by atoms with Gasteiger partial charge in [0.1, 0.15) is 0 Å². The molecule has 4 nitrogen and oxygen atoms in total. The smallest absolute Gasteiger partial charge is 0.276 e. The number of nitrogens with zero attached hydrogens (tertiary/aromatic N) is 2. The van der Waals surface area contributed by atoms with E-state index in [-0.39, 0.29) is 5.91 Å². The number of carbonyl (C=O) groups is 1. The minimum Gasteiger partial charge on any atom is -0.320 e. The summed E-state index contributed by atoms with van der Waals surface area (Å²) in [6.07, 6.45) is 5.44. The number of pyridine rings is 1. The third-order valence-electron chi connectivity index (χ3n) is 4.23. The topological polar surface area (TPSA) is 46.4 Å². The number of amides is 1. The van der Waals surface area contributed by atoms with Crippen molar-refractivity contribution in [3.05, 3.63) is 58.4 Å². The number of aryl methyl sites for hydroxylation is 1. The maximum Gasteiger partial charge on any atom is 0.276 e. The second-order valence-electron chi connectivity index (χ2n) is 5.62. The lowest BCUT2D eigenvalue weighted by atomic mass is 10.0. The van der Waals surface area contributed by atoms with Gasteiger partial charge in [0.05, 0.1) is 5.52 Å². The number of thioether (sulfide) groups is 1. The molecule has 3 rings (SSSR count). The molecule has 0 fully saturated rings. The number of hydrogen-bond donors (Lipinski definition) is 1. The first-order valence-electron chi connectivity index (χ1n) is 8.23. The van der Waals surface area contributed by atoms with E-state index in [1.165, 1.54) is 11.8 Å². The van der Waals surface area contributed by atoms with Crippen molar-refractivity contribution in [1.82, 2.24) is 9.38 Å². The molecule has 0 aliphatic rings. The van der Waals surface area contributed by atoms with Gasteiger partial charge in [0.15, 0.2) is 10.9 Å². The highest BCUT2D eigenvalue weighted by molar-refractivity contribution is 7.98. The Hall–Kier alpha value is -1.98. The van der Waals surface area contributed by atoms with Crippen LogP contribution in [0, 0.1) is 0 Å². The Kier molecular flexibility index (Phi) is 5.35. The van der Waals surface area contributed by atoms with Crippen molar-refractivity contribution >= 4 is 40.5 Å². The first-order chi connectivity index (χ1) is 12.1. The SMILES string of the molecule is CCc1ccc(Cl)c(CC)c1NC(=O)c1nc(SC)n2ccccc12. The Bertz CT molecular complexity index is 936. The summed E-state index contributed by atoms with van der Waals surface area (Å²) < 4.78 is 1.93. The van der Waals surface area contributed by atoms with Gasteiger partial charge in [0.25, 0.3) is 5.91 Å². The summed E-state index contributed by atoms with van der Waals surface area (Å²) in [6.45, 7) is 4.10. The molecule has 0 unspecified atom stereocenters. The zero-order valence-corrected chi connectivity index (χ0v) is 16.0. The van der Waals surface area contributed by atoms with Gasteiger partial charge in [0, 0.05) is 16.9 Å². The van der Waals surface area contributed by atoms with Crippen LogP contribution in [0.3, 0.4) is 0 Å². The normalized spacial score (nSPS) is 11.0. The van der Waals surface area contributed by atoms with Crippen molar-refractivity contribution in [3.8, 4) is 0 Å². The predicted molar refractivity (Wildman–Crippen MR) is 105 cm³/mol. The molecule has 6 heteroatoms. The number of anilines is 1. The molecule has 3 aromatic rings. The Morgan fingerprint density at radius 3 is 2.72 bits per heavy atom.